The Morgan fingerprint density at radius 2 is 2.10 bits per heavy atom. The lowest BCUT2D eigenvalue weighted by molar-refractivity contribution is 0.0602. The van der Waals surface area contributed by atoms with E-state index in [0.29, 0.717) is 17.2 Å². The Kier molecular flexibility index (Phi) is 5.82. The topological polar surface area (TPSA) is 84.6 Å². The van der Waals surface area contributed by atoms with Crippen molar-refractivity contribution in [1.29, 1.82) is 0 Å². The van der Waals surface area contributed by atoms with Crippen molar-refractivity contribution in [3.05, 3.63) is 23.3 Å². The highest BCUT2D eigenvalue weighted by Crippen LogP contribution is 2.24. The molecule has 0 radical (unpaired) electrons. The van der Waals surface area contributed by atoms with Gasteiger partial charge in [0.2, 0.25) is 0 Å². The zero-order valence-electron chi connectivity index (χ0n) is 12.6. The molecule has 0 saturated carbocycles. The lowest BCUT2D eigenvalue weighted by atomic mass is 10.0. The van der Waals surface area contributed by atoms with E-state index in [9.17, 15) is 9.90 Å². The number of esters is 1. The van der Waals surface area contributed by atoms with Crippen LogP contribution >= 0.6 is 0 Å². The summed E-state index contributed by atoms with van der Waals surface area (Å²) in [6, 6.07) is 3.48. The van der Waals surface area contributed by atoms with Crippen LogP contribution in [0.5, 0.6) is 0 Å². The van der Waals surface area contributed by atoms with Gasteiger partial charge in [-0.15, -0.1) is 0 Å². The van der Waals surface area contributed by atoms with Crippen molar-refractivity contribution >= 4 is 17.3 Å². The minimum Gasteiger partial charge on any atom is -0.465 e. The second-order valence-electron chi connectivity index (χ2n) is 5.40. The van der Waals surface area contributed by atoms with Crippen LogP contribution in [0.15, 0.2) is 12.1 Å². The van der Waals surface area contributed by atoms with E-state index >= 15 is 0 Å². The lowest BCUT2D eigenvalue weighted by Gasteiger charge is -2.21. The minimum atomic E-state index is -0.460. The maximum atomic E-state index is 11.7. The van der Waals surface area contributed by atoms with E-state index in [1.807, 2.05) is 13.0 Å². The van der Waals surface area contributed by atoms with Crippen molar-refractivity contribution in [2.75, 3.05) is 24.8 Å². The van der Waals surface area contributed by atoms with E-state index in [1.54, 1.807) is 6.07 Å². The Bertz CT molecular complexity index is 472. The first-order valence-corrected chi connectivity index (χ1v) is 6.74. The molecule has 0 aromatic heterocycles. The van der Waals surface area contributed by atoms with Gasteiger partial charge in [0.05, 0.1) is 19.3 Å². The number of anilines is 2. The van der Waals surface area contributed by atoms with Gasteiger partial charge >= 0.3 is 5.97 Å². The van der Waals surface area contributed by atoms with Crippen molar-refractivity contribution < 1.29 is 14.6 Å². The van der Waals surface area contributed by atoms with Crippen molar-refractivity contribution in [3.63, 3.8) is 0 Å². The molecule has 1 unspecified atom stereocenters. The van der Waals surface area contributed by atoms with Gasteiger partial charge in [-0.3, -0.25) is 0 Å². The highest BCUT2D eigenvalue weighted by molar-refractivity contribution is 5.97. The summed E-state index contributed by atoms with van der Waals surface area (Å²) in [5, 5.41) is 12.6. The van der Waals surface area contributed by atoms with Crippen LogP contribution in [-0.4, -0.2) is 30.8 Å². The summed E-state index contributed by atoms with van der Waals surface area (Å²) in [7, 11) is 1.33. The fourth-order valence-corrected chi connectivity index (χ4v) is 2.14. The largest absolute Gasteiger partial charge is 0.465 e. The van der Waals surface area contributed by atoms with E-state index in [4.69, 9.17) is 10.5 Å². The molecule has 1 atom stereocenters. The molecule has 0 aliphatic rings. The molecule has 1 aromatic rings. The van der Waals surface area contributed by atoms with Gasteiger partial charge in [0.1, 0.15) is 0 Å². The maximum absolute atomic E-state index is 11.7. The molecule has 0 fully saturated rings. The summed E-state index contributed by atoms with van der Waals surface area (Å²) in [5.74, 6) is 0.00765. The van der Waals surface area contributed by atoms with Gasteiger partial charge in [-0.1, -0.05) is 13.8 Å². The first-order valence-electron chi connectivity index (χ1n) is 6.74. The van der Waals surface area contributed by atoms with Crippen LogP contribution in [0, 0.1) is 12.8 Å². The van der Waals surface area contributed by atoms with Gasteiger partial charge in [0.15, 0.2) is 0 Å². The number of aliphatic hydroxyl groups excluding tert-OH is 1. The average Bonchev–Trinajstić information content (AvgIpc) is 2.40. The molecule has 5 nitrogen and oxygen atoms in total. The SMILES string of the molecule is COC(=O)c1cc(NC(CO)CC(C)C)cc(C)c1N. The van der Waals surface area contributed by atoms with Crippen molar-refractivity contribution in [2.24, 2.45) is 5.92 Å². The third-order valence-corrected chi connectivity index (χ3v) is 3.14. The monoisotopic (exact) mass is 280 g/mol. The first kappa shape index (κ1) is 16.3. The third-order valence-electron chi connectivity index (χ3n) is 3.14. The van der Waals surface area contributed by atoms with Crippen LogP contribution in [-0.2, 0) is 4.74 Å². The highest BCUT2D eigenvalue weighted by Gasteiger charge is 2.15. The number of nitrogen functional groups attached to an aromatic ring is 1. The fourth-order valence-electron chi connectivity index (χ4n) is 2.14. The van der Waals surface area contributed by atoms with Crippen LogP contribution in [0.1, 0.15) is 36.2 Å². The Labute approximate surface area is 120 Å². The number of hydrogen-bond donors (Lipinski definition) is 3. The summed E-state index contributed by atoms with van der Waals surface area (Å²) in [5.41, 5.74) is 8.22. The Morgan fingerprint density at radius 3 is 2.60 bits per heavy atom. The number of carbonyl (C=O) groups excluding carboxylic acids is 1. The molecular formula is C15H24N2O3. The summed E-state index contributed by atoms with van der Waals surface area (Å²) in [6.07, 6.45) is 0.841. The molecule has 0 aliphatic carbocycles. The molecule has 112 valence electrons. The molecule has 1 rings (SSSR count). The molecule has 0 aliphatic heterocycles. The molecule has 4 N–H and O–H groups in total. The molecule has 0 bridgehead atoms. The van der Waals surface area contributed by atoms with E-state index in [1.165, 1.54) is 7.11 Å². The number of nitrogens with two attached hydrogens (primary N) is 1. The van der Waals surface area contributed by atoms with E-state index in [-0.39, 0.29) is 12.6 Å². The molecule has 1 aromatic carbocycles. The van der Waals surface area contributed by atoms with Gasteiger partial charge in [-0.25, -0.2) is 4.79 Å². The van der Waals surface area contributed by atoms with Gasteiger partial charge in [-0.05, 0) is 37.0 Å². The molecule has 0 spiro atoms. The van der Waals surface area contributed by atoms with Gasteiger partial charge in [0, 0.05) is 17.4 Å². The number of hydrogen-bond acceptors (Lipinski definition) is 5. The van der Waals surface area contributed by atoms with Crippen molar-refractivity contribution in [2.45, 2.75) is 33.2 Å². The number of ether oxygens (including phenoxy) is 1. The first-order chi connectivity index (χ1) is 9.38. The lowest BCUT2D eigenvalue weighted by Crippen LogP contribution is -2.26. The smallest absolute Gasteiger partial charge is 0.340 e. The summed E-state index contributed by atoms with van der Waals surface area (Å²) >= 11 is 0. The van der Waals surface area contributed by atoms with Crippen LogP contribution in [0.2, 0.25) is 0 Å². The average molecular weight is 280 g/mol. The second kappa shape index (κ2) is 7.14. The summed E-state index contributed by atoms with van der Waals surface area (Å²) in [6.45, 7) is 6.06. The summed E-state index contributed by atoms with van der Waals surface area (Å²) in [4.78, 5) is 11.7. The molecule has 0 heterocycles. The zero-order valence-corrected chi connectivity index (χ0v) is 12.6. The second-order valence-corrected chi connectivity index (χ2v) is 5.40. The Morgan fingerprint density at radius 1 is 1.45 bits per heavy atom. The standard InChI is InChI=1S/C15H24N2O3/c1-9(2)5-12(8-18)17-11-6-10(3)14(16)13(7-11)15(19)20-4/h6-7,9,12,17-18H,5,8,16H2,1-4H3. The Hall–Kier alpha value is -1.75. The quantitative estimate of drug-likeness (QED) is 0.549. The van der Waals surface area contributed by atoms with Crippen LogP contribution in [0.25, 0.3) is 0 Å². The molecular weight excluding hydrogens is 256 g/mol. The third kappa shape index (κ3) is 4.13. The van der Waals surface area contributed by atoms with E-state index in [0.717, 1.165) is 17.7 Å². The molecule has 0 saturated heterocycles. The molecule has 5 heteroatoms. The van der Waals surface area contributed by atoms with Gasteiger partial charge in [-0.2, -0.15) is 0 Å². The fraction of sp³-hybridized carbons (Fsp3) is 0.533. The highest BCUT2D eigenvalue weighted by atomic mass is 16.5. The van der Waals surface area contributed by atoms with Gasteiger partial charge in [0.25, 0.3) is 0 Å². The Balaban J connectivity index is 3.01. The van der Waals surface area contributed by atoms with Gasteiger partial charge < -0.3 is 20.9 Å². The van der Waals surface area contributed by atoms with Crippen molar-refractivity contribution in [1.82, 2.24) is 0 Å². The molecule has 0 amide bonds. The van der Waals surface area contributed by atoms with Crippen LogP contribution < -0.4 is 11.1 Å². The van der Waals surface area contributed by atoms with Crippen LogP contribution in [0.3, 0.4) is 0 Å². The zero-order chi connectivity index (χ0) is 15.3. The predicted octanol–water partition coefficient (Wildman–Crippen LogP) is 2.18. The summed E-state index contributed by atoms with van der Waals surface area (Å²) < 4.78 is 4.73. The molecule has 20 heavy (non-hydrogen) atoms. The van der Waals surface area contributed by atoms with E-state index in [2.05, 4.69) is 19.2 Å². The number of rotatable bonds is 6. The number of nitrogens with one attached hydrogen (secondary N) is 1. The van der Waals surface area contributed by atoms with Crippen molar-refractivity contribution in [3.8, 4) is 0 Å². The number of aryl methyl sites for hydroxylation is 1. The number of methoxy groups -OCH3 is 1. The number of benzene rings is 1. The minimum absolute atomic E-state index is 0.0369. The maximum Gasteiger partial charge on any atom is 0.340 e. The number of aliphatic hydroxyl groups is 1. The predicted molar refractivity (Wildman–Crippen MR) is 80.9 cm³/mol. The normalized spacial score (nSPS) is 12.3. The van der Waals surface area contributed by atoms with E-state index < -0.39 is 5.97 Å². The number of carbonyl (C=O) groups is 1. The van der Waals surface area contributed by atoms with Crippen LogP contribution in [0.4, 0.5) is 11.4 Å².